The molecule has 0 radical (unpaired) electrons. The van der Waals surface area contributed by atoms with E-state index in [4.69, 9.17) is 11.6 Å². The van der Waals surface area contributed by atoms with E-state index in [-0.39, 0.29) is 0 Å². The maximum atomic E-state index is 6.01. The van der Waals surface area contributed by atoms with Gasteiger partial charge in [0.2, 0.25) is 0 Å². The highest BCUT2D eigenvalue weighted by molar-refractivity contribution is 6.30. The van der Waals surface area contributed by atoms with Gasteiger partial charge in [-0.3, -0.25) is 0 Å². The molecule has 0 saturated heterocycles. The summed E-state index contributed by atoms with van der Waals surface area (Å²) in [4.78, 5) is 0. The topological polar surface area (TPSA) is 0 Å². The van der Waals surface area contributed by atoms with Crippen LogP contribution in [0, 0.1) is 13.8 Å². The van der Waals surface area contributed by atoms with Gasteiger partial charge in [-0.25, -0.2) is 0 Å². The Morgan fingerprint density at radius 2 is 1.40 bits per heavy atom. The fourth-order valence-electron chi connectivity index (χ4n) is 1.97. The van der Waals surface area contributed by atoms with E-state index < -0.39 is 0 Å². The van der Waals surface area contributed by atoms with Gasteiger partial charge in [0.1, 0.15) is 0 Å². The van der Waals surface area contributed by atoms with E-state index in [0.29, 0.717) is 0 Å². The molecule has 0 bridgehead atoms. The Morgan fingerprint density at radius 3 is 1.93 bits per heavy atom. The van der Waals surface area contributed by atoms with E-state index in [1.165, 1.54) is 22.3 Å². The molecule has 0 saturated carbocycles. The summed E-state index contributed by atoms with van der Waals surface area (Å²) >= 11 is 6.01. The van der Waals surface area contributed by atoms with Gasteiger partial charge in [0.05, 0.1) is 0 Å². The number of hydrogen-bond donors (Lipinski definition) is 0. The largest absolute Gasteiger partial charge is 0.0843 e. The number of aryl methyl sites for hydroxylation is 2. The Kier molecular flexibility index (Phi) is 2.79. The van der Waals surface area contributed by atoms with Crippen LogP contribution in [0.1, 0.15) is 11.1 Å². The van der Waals surface area contributed by atoms with Crippen LogP contribution in [0.15, 0.2) is 42.5 Å². The second kappa shape index (κ2) is 4.08. The fourth-order valence-corrected chi connectivity index (χ4v) is 2.30. The highest BCUT2D eigenvalue weighted by atomic mass is 35.5. The first-order valence-corrected chi connectivity index (χ1v) is 5.38. The standard InChI is InChI=1S/C14H13Cl/c1-10-8-13(15)9-11(2)14(10)12-6-4-3-5-7-12/h3-9H,1-2H3. The van der Waals surface area contributed by atoms with Gasteiger partial charge in [0.25, 0.3) is 0 Å². The quantitative estimate of drug-likeness (QED) is 0.652. The van der Waals surface area contributed by atoms with E-state index in [9.17, 15) is 0 Å². The molecule has 0 aromatic heterocycles. The van der Waals surface area contributed by atoms with Crippen molar-refractivity contribution < 1.29 is 0 Å². The molecule has 0 aliphatic carbocycles. The summed E-state index contributed by atoms with van der Waals surface area (Å²) in [6.45, 7) is 4.20. The first-order valence-electron chi connectivity index (χ1n) is 5.00. The monoisotopic (exact) mass is 216 g/mol. The van der Waals surface area contributed by atoms with Gasteiger partial charge in [-0.15, -0.1) is 0 Å². The zero-order valence-electron chi connectivity index (χ0n) is 8.92. The van der Waals surface area contributed by atoms with Crippen molar-refractivity contribution in [3.05, 3.63) is 58.6 Å². The summed E-state index contributed by atoms with van der Waals surface area (Å²) < 4.78 is 0. The molecule has 0 unspecified atom stereocenters. The Morgan fingerprint density at radius 1 is 0.867 bits per heavy atom. The fraction of sp³-hybridized carbons (Fsp3) is 0.143. The molecule has 15 heavy (non-hydrogen) atoms. The zero-order chi connectivity index (χ0) is 10.8. The minimum absolute atomic E-state index is 0.810. The minimum Gasteiger partial charge on any atom is -0.0843 e. The maximum absolute atomic E-state index is 6.01. The number of halogens is 1. The molecule has 76 valence electrons. The van der Waals surface area contributed by atoms with Crippen molar-refractivity contribution in [1.82, 2.24) is 0 Å². The Balaban J connectivity index is 2.64. The summed E-state index contributed by atoms with van der Waals surface area (Å²) in [5.74, 6) is 0. The second-order valence-electron chi connectivity index (χ2n) is 3.78. The van der Waals surface area contributed by atoms with Crippen LogP contribution in [-0.4, -0.2) is 0 Å². The lowest BCUT2D eigenvalue weighted by Crippen LogP contribution is -1.87. The molecule has 0 aliphatic heterocycles. The Bertz CT molecular complexity index is 449. The maximum Gasteiger partial charge on any atom is 0.0411 e. The predicted octanol–water partition coefficient (Wildman–Crippen LogP) is 4.62. The lowest BCUT2D eigenvalue weighted by atomic mass is 9.96. The van der Waals surface area contributed by atoms with Gasteiger partial charge in [-0.05, 0) is 48.2 Å². The van der Waals surface area contributed by atoms with E-state index >= 15 is 0 Å². The second-order valence-corrected chi connectivity index (χ2v) is 4.22. The first-order chi connectivity index (χ1) is 7.18. The molecule has 2 rings (SSSR count). The minimum atomic E-state index is 0.810. The van der Waals surface area contributed by atoms with Crippen LogP contribution >= 0.6 is 11.6 Å². The summed E-state index contributed by atoms with van der Waals surface area (Å²) in [6.07, 6.45) is 0. The highest BCUT2D eigenvalue weighted by Crippen LogP contribution is 2.29. The smallest absolute Gasteiger partial charge is 0.0411 e. The number of benzene rings is 2. The molecule has 2 aromatic rings. The van der Waals surface area contributed by atoms with E-state index in [1.54, 1.807) is 0 Å². The number of hydrogen-bond acceptors (Lipinski definition) is 0. The van der Waals surface area contributed by atoms with Gasteiger partial charge in [-0.1, -0.05) is 41.9 Å². The third kappa shape index (κ3) is 2.05. The lowest BCUT2D eigenvalue weighted by molar-refractivity contribution is 1.38. The molecule has 0 heterocycles. The predicted molar refractivity (Wildman–Crippen MR) is 66.4 cm³/mol. The molecule has 0 amide bonds. The molecule has 0 spiro atoms. The Labute approximate surface area is 95.5 Å². The molecular weight excluding hydrogens is 204 g/mol. The van der Waals surface area contributed by atoms with Crippen molar-refractivity contribution in [2.45, 2.75) is 13.8 Å². The molecular formula is C14H13Cl. The summed E-state index contributed by atoms with van der Waals surface area (Å²) in [7, 11) is 0. The summed E-state index contributed by atoms with van der Waals surface area (Å²) in [5, 5.41) is 0.810. The normalized spacial score (nSPS) is 10.3. The average Bonchev–Trinajstić information content (AvgIpc) is 2.17. The van der Waals surface area contributed by atoms with Crippen molar-refractivity contribution in [1.29, 1.82) is 0 Å². The third-order valence-corrected chi connectivity index (χ3v) is 2.78. The van der Waals surface area contributed by atoms with Crippen molar-refractivity contribution in [2.75, 3.05) is 0 Å². The molecule has 0 N–H and O–H groups in total. The van der Waals surface area contributed by atoms with Crippen LogP contribution in [-0.2, 0) is 0 Å². The van der Waals surface area contributed by atoms with Crippen molar-refractivity contribution in [2.24, 2.45) is 0 Å². The van der Waals surface area contributed by atoms with E-state index in [2.05, 4.69) is 38.1 Å². The highest BCUT2D eigenvalue weighted by Gasteiger charge is 2.05. The van der Waals surface area contributed by atoms with Gasteiger partial charge >= 0.3 is 0 Å². The first kappa shape index (κ1) is 10.3. The number of rotatable bonds is 1. The molecule has 1 heteroatoms. The molecule has 0 nitrogen and oxygen atoms in total. The molecule has 0 fully saturated rings. The van der Waals surface area contributed by atoms with Crippen LogP contribution < -0.4 is 0 Å². The lowest BCUT2D eigenvalue weighted by Gasteiger charge is -2.10. The van der Waals surface area contributed by atoms with Crippen LogP contribution in [0.5, 0.6) is 0 Å². The van der Waals surface area contributed by atoms with Crippen molar-refractivity contribution in [3.8, 4) is 11.1 Å². The average molecular weight is 217 g/mol. The summed E-state index contributed by atoms with van der Waals surface area (Å²) in [6, 6.07) is 14.4. The molecule has 0 atom stereocenters. The van der Waals surface area contributed by atoms with Gasteiger partial charge in [0.15, 0.2) is 0 Å². The van der Waals surface area contributed by atoms with Crippen LogP contribution in [0.3, 0.4) is 0 Å². The van der Waals surface area contributed by atoms with Gasteiger partial charge in [-0.2, -0.15) is 0 Å². The Hall–Kier alpha value is -1.27. The summed E-state index contributed by atoms with van der Waals surface area (Å²) in [5.41, 5.74) is 5.00. The van der Waals surface area contributed by atoms with Gasteiger partial charge < -0.3 is 0 Å². The van der Waals surface area contributed by atoms with Crippen LogP contribution in [0.4, 0.5) is 0 Å². The molecule has 0 aliphatic rings. The van der Waals surface area contributed by atoms with Crippen LogP contribution in [0.25, 0.3) is 11.1 Å². The van der Waals surface area contributed by atoms with Crippen LogP contribution in [0.2, 0.25) is 5.02 Å². The van der Waals surface area contributed by atoms with E-state index in [1.807, 2.05) is 18.2 Å². The van der Waals surface area contributed by atoms with Gasteiger partial charge in [0, 0.05) is 5.02 Å². The van der Waals surface area contributed by atoms with Crippen molar-refractivity contribution >= 4 is 11.6 Å². The van der Waals surface area contributed by atoms with E-state index in [0.717, 1.165) is 5.02 Å². The molecule has 2 aromatic carbocycles. The SMILES string of the molecule is Cc1cc(Cl)cc(C)c1-c1ccccc1. The third-order valence-electron chi connectivity index (χ3n) is 2.56. The van der Waals surface area contributed by atoms with Crippen molar-refractivity contribution in [3.63, 3.8) is 0 Å². The zero-order valence-corrected chi connectivity index (χ0v) is 9.68.